The molecule has 3 aromatic rings. The van der Waals surface area contributed by atoms with Gasteiger partial charge in [-0.2, -0.15) is 0 Å². The average molecular weight is 578 g/mol. The van der Waals surface area contributed by atoms with Crippen molar-refractivity contribution in [1.29, 1.82) is 0 Å². The molecule has 1 N–H and O–H groups in total. The molecular formula is C29H28Cl4N2O2. The van der Waals surface area contributed by atoms with Gasteiger partial charge in [0, 0.05) is 19.0 Å². The van der Waals surface area contributed by atoms with Gasteiger partial charge in [0.1, 0.15) is 6.04 Å². The molecule has 1 aliphatic carbocycles. The van der Waals surface area contributed by atoms with Gasteiger partial charge >= 0.3 is 0 Å². The summed E-state index contributed by atoms with van der Waals surface area (Å²) in [6.07, 6.45) is 4.55. The monoisotopic (exact) mass is 576 g/mol. The molecule has 194 valence electrons. The van der Waals surface area contributed by atoms with Gasteiger partial charge in [0.2, 0.25) is 11.8 Å². The lowest BCUT2D eigenvalue weighted by molar-refractivity contribution is -0.141. The number of nitrogens with one attached hydrogen (secondary N) is 1. The van der Waals surface area contributed by atoms with Crippen molar-refractivity contribution in [3.05, 3.63) is 104 Å². The third kappa shape index (κ3) is 7.64. The standard InChI is InChI=1S/C29H28Cl4N2O2/c30-23-12-10-20(14-25(23)32)17-28(36)35(18-21-11-13-24(31)26(33)15-21)27(16-19-6-2-1-3-7-19)29(37)34-22-8-4-5-9-22/h1-3,6-7,10-15,22,27H,4-5,8-9,16-18H2,(H,34,37). The van der Waals surface area contributed by atoms with Crippen molar-refractivity contribution < 1.29 is 9.59 Å². The van der Waals surface area contributed by atoms with Crippen molar-refractivity contribution in [2.24, 2.45) is 0 Å². The molecule has 1 atom stereocenters. The molecule has 1 aliphatic rings. The Morgan fingerprint density at radius 3 is 2.00 bits per heavy atom. The lowest BCUT2D eigenvalue weighted by Gasteiger charge is -2.32. The Balaban J connectivity index is 1.68. The first kappa shape index (κ1) is 27.8. The summed E-state index contributed by atoms with van der Waals surface area (Å²) in [6, 6.07) is 19.5. The third-order valence-corrected chi connectivity index (χ3v) is 8.13. The van der Waals surface area contributed by atoms with Gasteiger partial charge in [-0.3, -0.25) is 9.59 Å². The fourth-order valence-electron chi connectivity index (χ4n) is 4.68. The Morgan fingerprint density at radius 2 is 1.38 bits per heavy atom. The van der Waals surface area contributed by atoms with E-state index in [0.29, 0.717) is 32.1 Å². The largest absolute Gasteiger partial charge is 0.352 e. The van der Waals surface area contributed by atoms with Crippen LogP contribution in [-0.4, -0.2) is 28.8 Å². The molecule has 4 rings (SSSR count). The molecule has 0 bridgehead atoms. The molecule has 0 aliphatic heterocycles. The van der Waals surface area contributed by atoms with Crippen LogP contribution in [0.3, 0.4) is 0 Å². The molecule has 1 saturated carbocycles. The summed E-state index contributed by atoms with van der Waals surface area (Å²) in [5.74, 6) is -0.356. The fourth-order valence-corrected chi connectivity index (χ4v) is 5.32. The van der Waals surface area contributed by atoms with Crippen LogP contribution >= 0.6 is 46.4 Å². The molecule has 8 heteroatoms. The molecule has 0 saturated heterocycles. The fraction of sp³-hybridized carbons (Fsp3) is 0.310. The number of halogens is 4. The van der Waals surface area contributed by atoms with Gasteiger partial charge in [0.15, 0.2) is 0 Å². The van der Waals surface area contributed by atoms with E-state index in [4.69, 9.17) is 46.4 Å². The molecule has 3 aromatic carbocycles. The summed E-state index contributed by atoms with van der Waals surface area (Å²) >= 11 is 24.7. The van der Waals surface area contributed by atoms with Crippen molar-refractivity contribution in [2.75, 3.05) is 0 Å². The number of hydrogen-bond donors (Lipinski definition) is 1. The highest BCUT2D eigenvalue weighted by Gasteiger charge is 2.32. The van der Waals surface area contributed by atoms with E-state index >= 15 is 0 Å². The number of carbonyl (C=O) groups excluding carboxylic acids is 2. The van der Waals surface area contributed by atoms with Gasteiger partial charge in [-0.1, -0.05) is 102 Å². The minimum atomic E-state index is -0.715. The van der Waals surface area contributed by atoms with Crippen LogP contribution in [0.2, 0.25) is 20.1 Å². The minimum absolute atomic E-state index is 0.0697. The maximum absolute atomic E-state index is 13.8. The van der Waals surface area contributed by atoms with Gasteiger partial charge in [-0.25, -0.2) is 0 Å². The number of carbonyl (C=O) groups is 2. The molecule has 0 radical (unpaired) electrons. The maximum Gasteiger partial charge on any atom is 0.243 e. The first-order valence-corrected chi connectivity index (χ1v) is 13.8. The third-order valence-electron chi connectivity index (χ3n) is 6.65. The quantitative estimate of drug-likeness (QED) is 0.285. The predicted molar refractivity (Wildman–Crippen MR) is 152 cm³/mol. The normalized spacial score (nSPS) is 14.4. The highest BCUT2D eigenvalue weighted by Crippen LogP contribution is 2.26. The van der Waals surface area contributed by atoms with Gasteiger partial charge in [0.05, 0.1) is 26.5 Å². The number of rotatable bonds is 9. The summed E-state index contributed by atoms with van der Waals surface area (Å²) < 4.78 is 0. The van der Waals surface area contributed by atoms with Crippen LogP contribution in [0.15, 0.2) is 66.7 Å². The first-order valence-electron chi connectivity index (χ1n) is 12.3. The van der Waals surface area contributed by atoms with Crippen molar-refractivity contribution >= 4 is 58.2 Å². The summed E-state index contributed by atoms with van der Waals surface area (Å²) in [5, 5.41) is 4.82. The van der Waals surface area contributed by atoms with Crippen LogP contribution in [-0.2, 0) is 29.0 Å². The van der Waals surface area contributed by atoms with E-state index in [1.807, 2.05) is 36.4 Å². The number of hydrogen-bond acceptors (Lipinski definition) is 2. The van der Waals surface area contributed by atoms with Crippen molar-refractivity contribution in [3.8, 4) is 0 Å². The zero-order chi connectivity index (χ0) is 26.4. The lowest BCUT2D eigenvalue weighted by Crippen LogP contribution is -2.52. The van der Waals surface area contributed by atoms with E-state index in [2.05, 4.69) is 5.32 Å². The minimum Gasteiger partial charge on any atom is -0.352 e. The van der Waals surface area contributed by atoms with Gasteiger partial charge in [0.25, 0.3) is 0 Å². The summed E-state index contributed by atoms with van der Waals surface area (Å²) in [5.41, 5.74) is 2.47. The van der Waals surface area contributed by atoms with Crippen LogP contribution < -0.4 is 5.32 Å². The van der Waals surface area contributed by atoms with Crippen LogP contribution in [0.1, 0.15) is 42.4 Å². The van der Waals surface area contributed by atoms with E-state index in [-0.39, 0.29) is 30.8 Å². The van der Waals surface area contributed by atoms with Crippen molar-refractivity contribution in [2.45, 2.75) is 57.2 Å². The number of benzene rings is 3. The molecule has 37 heavy (non-hydrogen) atoms. The Bertz CT molecular complexity index is 1250. The van der Waals surface area contributed by atoms with E-state index in [1.165, 1.54) is 0 Å². The molecule has 4 nitrogen and oxygen atoms in total. The van der Waals surface area contributed by atoms with Crippen molar-refractivity contribution in [3.63, 3.8) is 0 Å². The Morgan fingerprint density at radius 1 is 0.784 bits per heavy atom. The maximum atomic E-state index is 13.8. The topological polar surface area (TPSA) is 49.4 Å². The van der Waals surface area contributed by atoms with E-state index in [1.54, 1.807) is 35.2 Å². The van der Waals surface area contributed by atoms with Crippen LogP contribution in [0.4, 0.5) is 0 Å². The molecule has 0 aromatic heterocycles. The zero-order valence-corrected chi connectivity index (χ0v) is 23.3. The highest BCUT2D eigenvalue weighted by molar-refractivity contribution is 6.42. The second kappa shape index (κ2) is 13.0. The lowest BCUT2D eigenvalue weighted by atomic mass is 10.0. The Hall–Kier alpha value is -2.24. The van der Waals surface area contributed by atoms with Crippen LogP contribution in [0.25, 0.3) is 0 Å². The van der Waals surface area contributed by atoms with E-state index in [0.717, 1.165) is 36.8 Å². The molecule has 2 amide bonds. The molecule has 1 fully saturated rings. The molecule has 1 unspecified atom stereocenters. The predicted octanol–water partition coefficient (Wildman–Crippen LogP) is 7.54. The number of nitrogens with zero attached hydrogens (tertiary/aromatic N) is 1. The van der Waals surface area contributed by atoms with Crippen LogP contribution in [0, 0.1) is 0 Å². The smallest absolute Gasteiger partial charge is 0.243 e. The van der Waals surface area contributed by atoms with E-state index in [9.17, 15) is 9.59 Å². The summed E-state index contributed by atoms with van der Waals surface area (Å²) in [7, 11) is 0. The van der Waals surface area contributed by atoms with Gasteiger partial charge < -0.3 is 10.2 Å². The average Bonchev–Trinajstić information content (AvgIpc) is 3.39. The van der Waals surface area contributed by atoms with Gasteiger partial charge in [-0.15, -0.1) is 0 Å². The van der Waals surface area contributed by atoms with E-state index < -0.39 is 6.04 Å². The summed E-state index contributed by atoms with van der Waals surface area (Å²) in [4.78, 5) is 29.2. The van der Waals surface area contributed by atoms with Crippen molar-refractivity contribution in [1.82, 2.24) is 10.2 Å². The zero-order valence-electron chi connectivity index (χ0n) is 20.2. The number of amides is 2. The second-order valence-corrected chi connectivity index (χ2v) is 11.0. The van der Waals surface area contributed by atoms with Gasteiger partial charge in [-0.05, 0) is 53.8 Å². The highest BCUT2D eigenvalue weighted by atomic mass is 35.5. The first-order chi connectivity index (χ1) is 17.8. The molecule has 0 spiro atoms. The SMILES string of the molecule is O=C(NC1CCCC1)C(Cc1ccccc1)N(Cc1ccc(Cl)c(Cl)c1)C(=O)Cc1ccc(Cl)c(Cl)c1. The summed E-state index contributed by atoms with van der Waals surface area (Å²) in [6.45, 7) is 0.201. The Labute approximate surface area is 237 Å². The molecule has 0 heterocycles. The molecular weight excluding hydrogens is 550 g/mol. The second-order valence-electron chi connectivity index (χ2n) is 9.39. The van der Waals surface area contributed by atoms with Crippen LogP contribution in [0.5, 0.6) is 0 Å². The Kier molecular flexibility index (Phi) is 9.77.